The number of fused-ring (bicyclic) bond motifs is 2. The standard InChI is InChI=1S/C22H20N2OS/c25-22(14-13-21-23-18-7-3-4-8-20(18)26-21)24(16-10-11-16)19-12-9-15-5-1-2-6-17(15)19/h1-8,13-14,16,19H,9-12H2/b14-13+. The van der Waals surface area contributed by atoms with Crippen LogP contribution in [0.1, 0.15) is 41.4 Å². The molecule has 4 heteroatoms. The molecule has 0 bridgehead atoms. The number of thiazole rings is 1. The topological polar surface area (TPSA) is 33.2 Å². The third kappa shape index (κ3) is 2.84. The van der Waals surface area contributed by atoms with Crippen LogP contribution >= 0.6 is 11.3 Å². The second kappa shape index (κ2) is 6.36. The first-order valence-electron chi connectivity index (χ1n) is 9.23. The van der Waals surface area contributed by atoms with Crippen molar-refractivity contribution in [1.82, 2.24) is 9.88 Å². The van der Waals surface area contributed by atoms with Crippen LogP contribution in [-0.2, 0) is 11.2 Å². The van der Waals surface area contributed by atoms with Gasteiger partial charge in [0.15, 0.2) is 0 Å². The van der Waals surface area contributed by atoms with E-state index in [1.807, 2.05) is 24.3 Å². The van der Waals surface area contributed by atoms with Crippen LogP contribution in [0.3, 0.4) is 0 Å². The highest BCUT2D eigenvalue weighted by atomic mass is 32.1. The van der Waals surface area contributed by atoms with Gasteiger partial charge in [-0.1, -0.05) is 36.4 Å². The Bertz CT molecular complexity index is 969. The molecule has 5 rings (SSSR count). The lowest BCUT2D eigenvalue weighted by Gasteiger charge is -2.29. The van der Waals surface area contributed by atoms with Crippen molar-refractivity contribution in [2.75, 3.05) is 0 Å². The number of hydrogen-bond acceptors (Lipinski definition) is 3. The molecule has 2 aliphatic rings. The van der Waals surface area contributed by atoms with Crippen molar-refractivity contribution in [2.45, 2.75) is 37.8 Å². The first-order chi connectivity index (χ1) is 12.8. The third-order valence-corrected chi connectivity index (χ3v) is 6.31. The molecule has 2 aliphatic carbocycles. The van der Waals surface area contributed by atoms with Crippen molar-refractivity contribution < 1.29 is 4.79 Å². The van der Waals surface area contributed by atoms with E-state index in [9.17, 15) is 4.79 Å². The van der Waals surface area contributed by atoms with Crippen LogP contribution in [0.4, 0.5) is 0 Å². The number of aryl methyl sites for hydroxylation is 1. The Morgan fingerprint density at radius 2 is 1.88 bits per heavy atom. The second-order valence-electron chi connectivity index (χ2n) is 7.08. The molecule has 0 spiro atoms. The molecule has 0 radical (unpaired) electrons. The Hall–Kier alpha value is -2.46. The number of amides is 1. The monoisotopic (exact) mass is 360 g/mol. The van der Waals surface area contributed by atoms with Crippen molar-refractivity contribution in [1.29, 1.82) is 0 Å². The van der Waals surface area contributed by atoms with Gasteiger partial charge in [0.2, 0.25) is 5.91 Å². The Labute approximate surface area is 157 Å². The number of benzene rings is 2. The fourth-order valence-electron chi connectivity index (χ4n) is 3.95. The van der Waals surface area contributed by atoms with Gasteiger partial charge < -0.3 is 4.90 Å². The molecule has 0 aliphatic heterocycles. The summed E-state index contributed by atoms with van der Waals surface area (Å²) in [6, 6.07) is 17.3. The molecule has 130 valence electrons. The summed E-state index contributed by atoms with van der Waals surface area (Å²) < 4.78 is 1.16. The smallest absolute Gasteiger partial charge is 0.247 e. The first-order valence-corrected chi connectivity index (χ1v) is 10.0. The Kier molecular flexibility index (Phi) is 3.86. The molecule has 1 saturated carbocycles. The molecule has 2 aromatic carbocycles. The van der Waals surface area contributed by atoms with Gasteiger partial charge in [0, 0.05) is 12.1 Å². The van der Waals surface area contributed by atoms with E-state index in [1.54, 1.807) is 17.4 Å². The summed E-state index contributed by atoms with van der Waals surface area (Å²) in [7, 11) is 0. The summed E-state index contributed by atoms with van der Waals surface area (Å²) in [6.45, 7) is 0. The molecular weight excluding hydrogens is 340 g/mol. The van der Waals surface area contributed by atoms with E-state index in [4.69, 9.17) is 0 Å². The van der Waals surface area contributed by atoms with Crippen LogP contribution in [0, 0.1) is 0 Å². The lowest BCUT2D eigenvalue weighted by atomic mass is 10.1. The van der Waals surface area contributed by atoms with Gasteiger partial charge in [-0.15, -0.1) is 11.3 Å². The molecule has 26 heavy (non-hydrogen) atoms. The number of aromatic nitrogens is 1. The van der Waals surface area contributed by atoms with Gasteiger partial charge in [-0.3, -0.25) is 4.79 Å². The first kappa shape index (κ1) is 15.8. The van der Waals surface area contributed by atoms with E-state index in [0.717, 1.165) is 40.9 Å². The Balaban J connectivity index is 1.40. The van der Waals surface area contributed by atoms with Gasteiger partial charge in [-0.05, 0) is 55.0 Å². The van der Waals surface area contributed by atoms with Crippen LogP contribution in [0.2, 0.25) is 0 Å². The summed E-state index contributed by atoms with van der Waals surface area (Å²) >= 11 is 1.63. The van der Waals surface area contributed by atoms with Gasteiger partial charge >= 0.3 is 0 Å². The van der Waals surface area contributed by atoms with Crippen LogP contribution in [-0.4, -0.2) is 21.8 Å². The maximum Gasteiger partial charge on any atom is 0.247 e. The van der Waals surface area contributed by atoms with E-state index in [-0.39, 0.29) is 11.9 Å². The fourth-order valence-corrected chi connectivity index (χ4v) is 4.82. The lowest BCUT2D eigenvalue weighted by molar-refractivity contribution is -0.129. The summed E-state index contributed by atoms with van der Waals surface area (Å²) in [5, 5.41) is 0.891. The zero-order valence-electron chi connectivity index (χ0n) is 14.5. The maximum absolute atomic E-state index is 13.0. The third-order valence-electron chi connectivity index (χ3n) is 5.31. The minimum atomic E-state index is 0.119. The van der Waals surface area contributed by atoms with E-state index in [1.165, 1.54) is 11.1 Å². The zero-order valence-corrected chi connectivity index (χ0v) is 15.3. The highest BCUT2D eigenvalue weighted by Crippen LogP contribution is 2.42. The average Bonchev–Trinajstić information content (AvgIpc) is 3.27. The Morgan fingerprint density at radius 3 is 2.73 bits per heavy atom. The highest BCUT2D eigenvalue weighted by Gasteiger charge is 2.39. The average molecular weight is 360 g/mol. The van der Waals surface area contributed by atoms with E-state index < -0.39 is 0 Å². The predicted molar refractivity (Wildman–Crippen MR) is 106 cm³/mol. The normalized spacial score (nSPS) is 19.2. The van der Waals surface area contributed by atoms with Gasteiger partial charge in [-0.2, -0.15) is 0 Å². The highest BCUT2D eigenvalue weighted by molar-refractivity contribution is 7.19. The SMILES string of the molecule is O=C(/C=C/c1nc2ccccc2s1)N(C1CC1)C1CCc2ccccc21. The summed E-state index contributed by atoms with van der Waals surface area (Å²) in [5.74, 6) is 0.119. The van der Waals surface area contributed by atoms with Gasteiger partial charge in [0.1, 0.15) is 5.01 Å². The van der Waals surface area contributed by atoms with Gasteiger partial charge in [-0.25, -0.2) is 4.98 Å². The molecule has 1 unspecified atom stereocenters. The minimum absolute atomic E-state index is 0.119. The number of para-hydroxylation sites is 1. The molecule has 3 nitrogen and oxygen atoms in total. The van der Waals surface area contributed by atoms with E-state index in [2.05, 4.69) is 40.2 Å². The molecular formula is C22H20N2OS. The van der Waals surface area contributed by atoms with Crippen molar-refractivity contribution in [3.63, 3.8) is 0 Å². The predicted octanol–water partition coefficient (Wildman–Crippen LogP) is 4.99. The largest absolute Gasteiger partial charge is 0.329 e. The second-order valence-corrected chi connectivity index (χ2v) is 8.15. The molecule has 0 N–H and O–H groups in total. The van der Waals surface area contributed by atoms with Crippen LogP contribution in [0.15, 0.2) is 54.6 Å². The molecule has 1 aromatic heterocycles. The number of nitrogens with zero attached hydrogens (tertiary/aromatic N) is 2. The quantitative estimate of drug-likeness (QED) is 0.614. The van der Waals surface area contributed by atoms with E-state index in [0.29, 0.717) is 6.04 Å². The summed E-state index contributed by atoms with van der Waals surface area (Å²) in [5.41, 5.74) is 3.72. The van der Waals surface area contributed by atoms with Gasteiger partial charge in [0.25, 0.3) is 0 Å². The van der Waals surface area contributed by atoms with Crippen molar-refractivity contribution in [3.05, 3.63) is 70.7 Å². The number of hydrogen-bond donors (Lipinski definition) is 0. The van der Waals surface area contributed by atoms with Gasteiger partial charge in [0.05, 0.1) is 16.3 Å². The fraction of sp³-hybridized carbons (Fsp3) is 0.273. The van der Waals surface area contributed by atoms with Crippen LogP contribution in [0.25, 0.3) is 16.3 Å². The molecule has 1 fully saturated rings. The van der Waals surface area contributed by atoms with E-state index >= 15 is 0 Å². The Morgan fingerprint density at radius 1 is 1.08 bits per heavy atom. The molecule has 1 atom stereocenters. The zero-order chi connectivity index (χ0) is 17.5. The minimum Gasteiger partial charge on any atom is -0.329 e. The summed E-state index contributed by atoms with van der Waals surface area (Å²) in [6.07, 6.45) is 7.95. The number of carbonyl (C=O) groups excluding carboxylic acids is 1. The molecule has 1 amide bonds. The molecule has 1 heterocycles. The molecule has 0 saturated heterocycles. The van der Waals surface area contributed by atoms with Crippen LogP contribution < -0.4 is 0 Å². The van der Waals surface area contributed by atoms with Crippen molar-refractivity contribution in [2.24, 2.45) is 0 Å². The molecule has 3 aromatic rings. The lowest BCUT2D eigenvalue weighted by Crippen LogP contribution is -2.34. The summed E-state index contributed by atoms with van der Waals surface area (Å²) in [4.78, 5) is 19.7. The van der Waals surface area contributed by atoms with Crippen molar-refractivity contribution in [3.8, 4) is 0 Å². The van der Waals surface area contributed by atoms with Crippen molar-refractivity contribution >= 4 is 33.5 Å². The number of rotatable bonds is 4. The van der Waals surface area contributed by atoms with Crippen LogP contribution in [0.5, 0.6) is 0 Å². The number of carbonyl (C=O) groups is 1. The maximum atomic E-state index is 13.0.